The number of rotatable bonds is 0. The quantitative estimate of drug-likeness (QED) is 0.652. The van der Waals surface area contributed by atoms with Gasteiger partial charge in [0.25, 0.3) is 0 Å². The predicted octanol–water partition coefficient (Wildman–Crippen LogP) is 4.61. The summed E-state index contributed by atoms with van der Waals surface area (Å²) in [6.45, 7) is 13.7. The van der Waals surface area contributed by atoms with E-state index in [1.807, 2.05) is 0 Å². The Bertz CT molecular complexity index is 490. The molecule has 1 saturated heterocycles. The van der Waals surface area contributed by atoms with Crippen molar-refractivity contribution < 1.29 is 8.85 Å². The highest BCUT2D eigenvalue weighted by atomic mass is 28.4. The highest BCUT2D eigenvalue weighted by molar-refractivity contribution is 6.74. The van der Waals surface area contributed by atoms with Gasteiger partial charge < -0.3 is 8.85 Å². The van der Waals surface area contributed by atoms with Crippen molar-refractivity contribution >= 4 is 8.56 Å². The zero-order valence-electron chi connectivity index (χ0n) is 14.2. The summed E-state index contributed by atoms with van der Waals surface area (Å²) in [7, 11) is -2.30. The van der Waals surface area contributed by atoms with E-state index in [-0.39, 0.29) is 22.3 Å². The van der Waals surface area contributed by atoms with E-state index in [2.05, 4.69) is 65.8 Å². The molecular weight excluding hydrogens is 276 g/mol. The maximum Gasteiger partial charge on any atom is 0.349 e. The molecule has 2 nitrogen and oxygen atoms in total. The van der Waals surface area contributed by atoms with Gasteiger partial charge in [0.05, 0.1) is 12.2 Å². The van der Waals surface area contributed by atoms with E-state index in [0.29, 0.717) is 0 Å². The lowest BCUT2D eigenvalue weighted by Gasteiger charge is -2.45. The Morgan fingerprint density at radius 2 is 1.19 bits per heavy atom. The van der Waals surface area contributed by atoms with Crippen molar-refractivity contribution in [2.45, 2.75) is 76.7 Å². The minimum atomic E-state index is -2.30. The number of hydrogen-bond donors (Lipinski definition) is 0. The first kappa shape index (κ1) is 15.3. The minimum absolute atomic E-state index is 0.0781. The van der Waals surface area contributed by atoms with E-state index in [0.717, 1.165) is 12.8 Å². The molecule has 1 aromatic rings. The number of benzene rings is 1. The van der Waals surface area contributed by atoms with E-state index >= 15 is 0 Å². The molecule has 0 radical (unpaired) electrons. The molecule has 3 heteroatoms. The summed E-state index contributed by atoms with van der Waals surface area (Å²) < 4.78 is 13.5. The Labute approximate surface area is 130 Å². The van der Waals surface area contributed by atoms with Gasteiger partial charge in [0.15, 0.2) is 0 Å². The SMILES string of the molecule is CC(C)(C)[Si]1(C(C)(C)C)O[C@@H]2Cc3ccccc3C[C@H]2O1. The van der Waals surface area contributed by atoms with Crippen molar-refractivity contribution in [3.05, 3.63) is 35.4 Å². The van der Waals surface area contributed by atoms with Crippen molar-refractivity contribution in [2.24, 2.45) is 0 Å². The summed E-state index contributed by atoms with van der Waals surface area (Å²) in [6, 6.07) is 8.75. The highest BCUT2D eigenvalue weighted by Crippen LogP contribution is 2.57. The fourth-order valence-electron chi connectivity index (χ4n) is 4.17. The van der Waals surface area contributed by atoms with Gasteiger partial charge in [-0.25, -0.2) is 0 Å². The van der Waals surface area contributed by atoms with Crippen LogP contribution in [0.15, 0.2) is 24.3 Å². The van der Waals surface area contributed by atoms with Crippen molar-refractivity contribution in [1.29, 1.82) is 0 Å². The van der Waals surface area contributed by atoms with Crippen LogP contribution in [0, 0.1) is 0 Å². The molecule has 21 heavy (non-hydrogen) atoms. The standard InChI is InChI=1S/C18H28O2Si/c1-17(2,3)21(18(4,5)6)19-15-11-13-9-7-8-10-14(13)12-16(15)20-21/h7-10,15-16H,11-12H2,1-6H3/t15-,16-/m1/s1. The lowest BCUT2D eigenvalue weighted by atomic mass is 9.88. The third-order valence-corrected chi connectivity index (χ3v) is 10.2. The molecule has 3 rings (SSSR count). The zero-order valence-corrected chi connectivity index (χ0v) is 15.2. The van der Waals surface area contributed by atoms with Crippen LogP contribution in [0.2, 0.25) is 10.1 Å². The topological polar surface area (TPSA) is 18.5 Å². The molecule has 1 fully saturated rings. The van der Waals surface area contributed by atoms with Crippen LogP contribution < -0.4 is 0 Å². The summed E-state index contributed by atoms with van der Waals surface area (Å²) in [5, 5.41) is 0.156. The van der Waals surface area contributed by atoms with Crippen LogP contribution in [0.3, 0.4) is 0 Å². The Morgan fingerprint density at radius 1 is 0.810 bits per heavy atom. The first-order chi connectivity index (χ1) is 9.64. The predicted molar refractivity (Wildman–Crippen MR) is 88.8 cm³/mol. The molecule has 0 N–H and O–H groups in total. The summed E-state index contributed by atoms with van der Waals surface area (Å²) in [6.07, 6.45) is 2.48. The average Bonchev–Trinajstić information content (AvgIpc) is 2.74. The maximum atomic E-state index is 6.76. The van der Waals surface area contributed by atoms with Crippen LogP contribution >= 0.6 is 0 Å². The smallest absolute Gasteiger partial charge is 0.349 e. The van der Waals surface area contributed by atoms with Gasteiger partial charge in [-0.2, -0.15) is 0 Å². The molecule has 1 aliphatic heterocycles. The van der Waals surface area contributed by atoms with Crippen molar-refractivity contribution in [2.75, 3.05) is 0 Å². The van der Waals surface area contributed by atoms with Crippen LogP contribution in [-0.4, -0.2) is 20.8 Å². The molecule has 2 atom stereocenters. The second-order valence-corrected chi connectivity index (χ2v) is 13.3. The summed E-state index contributed by atoms with van der Waals surface area (Å²) >= 11 is 0. The molecule has 1 aliphatic carbocycles. The lowest BCUT2D eigenvalue weighted by Crippen LogP contribution is -2.54. The van der Waals surface area contributed by atoms with Gasteiger partial charge in [-0.15, -0.1) is 0 Å². The van der Waals surface area contributed by atoms with Crippen LogP contribution in [0.5, 0.6) is 0 Å². The lowest BCUT2D eigenvalue weighted by molar-refractivity contribution is 0.145. The van der Waals surface area contributed by atoms with E-state index in [4.69, 9.17) is 8.85 Å². The van der Waals surface area contributed by atoms with Gasteiger partial charge in [-0.05, 0) is 11.1 Å². The molecule has 2 aliphatic rings. The van der Waals surface area contributed by atoms with E-state index in [1.54, 1.807) is 0 Å². The van der Waals surface area contributed by atoms with Crippen LogP contribution in [0.4, 0.5) is 0 Å². The van der Waals surface area contributed by atoms with Crippen molar-refractivity contribution in [3.8, 4) is 0 Å². The third kappa shape index (κ3) is 2.30. The van der Waals surface area contributed by atoms with Gasteiger partial charge in [0.1, 0.15) is 0 Å². The molecule has 0 saturated carbocycles. The molecular formula is C18H28O2Si. The molecule has 0 bridgehead atoms. The largest absolute Gasteiger partial charge is 0.387 e. The van der Waals surface area contributed by atoms with Gasteiger partial charge >= 0.3 is 8.56 Å². The van der Waals surface area contributed by atoms with E-state index < -0.39 is 8.56 Å². The molecule has 0 amide bonds. The Morgan fingerprint density at radius 3 is 1.52 bits per heavy atom. The fourth-order valence-corrected chi connectivity index (χ4v) is 9.22. The molecule has 1 aromatic carbocycles. The van der Waals surface area contributed by atoms with Crippen LogP contribution in [0.25, 0.3) is 0 Å². The molecule has 1 heterocycles. The first-order valence-electron chi connectivity index (χ1n) is 8.06. The number of fused-ring (bicyclic) bond motifs is 2. The zero-order chi connectivity index (χ0) is 15.5. The van der Waals surface area contributed by atoms with E-state index in [9.17, 15) is 0 Å². The maximum absolute atomic E-state index is 6.76. The minimum Gasteiger partial charge on any atom is -0.387 e. The number of hydrogen-bond acceptors (Lipinski definition) is 2. The highest BCUT2D eigenvalue weighted by Gasteiger charge is 2.64. The summed E-state index contributed by atoms with van der Waals surface area (Å²) in [5.74, 6) is 0. The van der Waals surface area contributed by atoms with Crippen molar-refractivity contribution in [3.63, 3.8) is 0 Å². The van der Waals surface area contributed by atoms with Crippen LogP contribution in [0.1, 0.15) is 52.7 Å². The Kier molecular flexibility index (Phi) is 3.40. The second kappa shape index (κ2) is 4.67. The first-order valence-corrected chi connectivity index (χ1v) is 9.88. The van der Waals surface area contributed by atoms with Crippen LogP contribution in [-0.2, 0) is 21.7 Å². The van der Waals surface area contributed by atoms with E-state index in [1.165, 1.54) is 11.1 Å². The molecule has 0 spiro atoms. The Balaban J connectivity index is 1.95. The fraction of sp³-hybridized carbons (Fsp3) is 0.667. The normalized spacial score (nSPS) is 28.1. The van der Waals surface area contributed by atoms with Gasteiger partial charge in [-0.1, -0.05) is 65.8 Å². The van der Waals surface area contributed by atoms with Gasteiger partial charge in [-0.3, -0.25) is 0 Å². The second-order valence-electron chi connectivity index (χ2n) is 8.61. The summed E-state index contributed by atoms with van der Waals surface area (Å²) in [4.78, 5) is 0. The van der Waals surface area contributed by atoms with Gasteiger partial charge in [0, 0.05) is 22.9 Å². The molecule has 0 aromatic heterocycles. The third-order valence-electron chi connectivity index (χ3n) is 4.98. The average molecular weight is 305 g/mol. The van der Waals surface area contributed by atoms with Crippen molar-refractivity contribution in [1.82, 2.24) is 0 Å². The van der Waals surface area contributed by atoms with Gasteiger partial charge in [0.2, 0.25) is 0 Å². The molecule has 0 unspecified atom stereocenters. The monoisotopic (exact) mass is 304 g/mol. The Hall–Kier alpha value is -0.643. The molecule has 116 valence electrons. The summed E-state index contributed by atoms with van der Waals surface area (Å²) in [5.41, 5.74) is 2.88.